The third-order valence-corrected chi connectivity index (χ3v) is 5.31. The quantitative estimate of drug-likeness (QED) is 0.762. The zero-order valence-corrected chi connectivity index (χ0v) is 14.6. The Morgan fingerprint density at radius 2 is 2.09 bits per heavy atom. The van der Waals surface area contributed by atoms with Crippen molar-refractivity contribution in [2.45, 2.75) is 24.7 Å². The van der Waals surface area contributed by atoms with Crippen molar-refractivity contribution >= 4 is 25.8 Å². The topological polar surface area (TPSA) is 63.2 Å². The van der Waals surface area contributed by atoms with E-state index in [0.717, 1.165) is 48.0 Å². The highest BCUT2D eigenvalue weighted by atomic mass is 79.9. The summed E-state index contributed by atoms with van der Waals surface area (Å²) in [5, 5.41) is -0.0782. The number of hydrogen-bond donors (Lipinski definition) is 0. The maximum atomic E-state index is 11.5. The van der Waals surface area contributed by atoms with Crippen LogP contribution in [0.2, 0.25) is 0 Å². The van der Waals surface area contributed by atoms with Crippen LogP contribution in [0, 0.1) is 0 Å². The molecule has 0 N–H and O–H groups in total. The first kappa shape index (κ1) is 15.6. The molecule has 0 aliphatic carbocycles. The van der Waals surface area contributed by atoms with E-state index in [9.17, 15) is 8.42 Å². The molecule has 1 aliphatic heterocycles. The monoisotopic (exact) mass is 381 g/mol. The summed E-state index contributed by atoms with van der Waals surface area (Å²) >= 11 is 3.57. The molecule has 0 atom stereocenters. The van der Waals surface area contributed by atoms with E-state index in [4.69, 9.17) is 0 Å². The Kier molecular flexibility index (Phi) is 4.29. The summed E-state index contributed by atoms with van der Waals surface area (Å²) in [5.41, 5.74) is 3.09. The molecule has 0 bridgehead atoms. The van der Waals surface area contributed by atoms with E-state index in [-0.39, 0.29) is 5.16 Å². The Morgan fingerprint density at radius 1 is 1.32 bits per heavy atom. The minimum absolute atomic E-state index is 0.0782. The molecular formula is C15H16BrN3O2S. The molecule has 22 heavy (non-hydrogen) atoms. The van der Waals surface area contributed by atoms with Gasteiger partial charge >= 0.3 is 0 Å². The second kappa shape index (κ2) is 6.06. The van der Waals surface area contributed by atoms with Gasteiger partial charge < -0.3 is 0 Å². The van der Waals surface area contributed by atoms with Gasteiger partial charge in [-0.25, -0.2) is 18.4 Å². The predicted molar refractivity (Wildman–Crippen MR) is 87.1 cm³/mol. The number of nitrogens with zero attached hydrogens (tertiary/aromatic N) is 3. The lowest BCUT2D eigenvalue weighted by molar-refractivity contribution is 0.241. The SMILES string of the molecule is CS(=O)(=O)c1ncc2c(n1)CCN(Cc1ccccc1Br)C2. The van der Waals surface area contributed by atoms with Gasteiger partial charge in [-0.2, -0.15) is 0 Å². The summed E-state index contributed by atoms with van der Waals surface area (Å²) in [6.45, 7) is 2.43. The van der Waals surface area contributed by atoms with Gasteiger partial charge in [-0.3, -0.25) is 4.90 Å². The number of fused-ring (bicyclic) bond motifs is 1. The van der Waals surface area contributed by atoms with Gasteiger partial charge in [-0.05, 0) is 11.6 Å². The first-order valence-corrected chi connectivity index (χ1v) is 9.62. The van der Waals surface area contributed by atoms with Crippen molar-refractivity contribution < 1.29 is 8.42 Å². The normalized spacial score (nSPS) is 15.5. The Balaban J connectivity index is 1.79. The molecule has 1 aromatic heterocycles. The lowest BCUT2D eigenvalue weighted by Crippen LogP contribution is -2.31. The van der Waals surface area contributed by atoms with Crippen LogP contribution >= 0.6 is 15.9 Å². The smallest absolute Gasteiger partial charge is 0.246 e. The summed E-state index contributed by atoms with van der Waals surface area (Å²) in [4.78, 5) is 10.5. The average molecular weight is 382 g/mol. The summed E-state index contributed by atoms with van der Waals surface area (Å²) in [7, 11) is -3.35. The average Bonchev–Trinajstić information content (AvgIpc) is 2.48. The Hall–Kier alpha value is -1.31. The van der Waals surface area contributed by atoms with E-state index in [1.165, 1.54) is 5.56 Å². The lowest BCUT2D eigenvalue weighted by atomic mass is 10.1. The molecule has 0 amide bonds. The van der Waals surface area contributed by atoms with E-state index in [1.54, 1.807) is 6.20 Å². The van der Waals surface area contributed by atoms with E-state index < -0.39 is 9.84 Å². The highest BCUT2D eigenvalue weighted by Crippen LogP contribution is 2.22. The third-order valence-electron chi connectivity index (χ3n) is 3.67. The standard InChI is InChI=1S/C15H16BrN3O2S/c1-22(20,21)15-17-8-12-10-19(7-6-14(12)18-15)9-11-4-2-3-5-13(11)16/h2-5,8H,6-7,9-10H2,1H3. The van der Waals surface area contributed by atoms with Crippen molar-refractivity contribution in [1.29, 1.82) is 0 Å². The van der Waals surface area contributed by atoms with Gasteiger partial charge in [0, 0.05) is 48.5 Å². The number of rotatable bonds is 3. The molecule has 2 aromatic rings. The molecule has 5 nitrogen and oxygen atoms in total. The summed E-state index contributed by atoms with van der Waals surface area (Å²) in [5.74, 6) is 0. The zero-order valence-electron chi connectivity index (χ0n) is 12.2. The van der Waals surface area contributed by atoms with Crippen molar-refractivity contribution in [3.8, 4) is 0 Å². The van der Waals surface area contributed by atoms with E-state index in [1.807, 2.05) is 18.2 Å². The Labute approximate surface area is 138 Å². The maximum Gasteiger partial charge on any atom is 0.246 e. The second-order valence-electron chi connectivity index (χ2n) is 5.45. The van der Waals surface area contributed by atoms with Gasteiger partial charge in [-0.15, -0.1) is 0 Å². The van der Waals surface area contributed by atoms with Gasteiger partial charge in [0.05, 0.1) is 5.69 Å². The second-order valence-corrected chi connectivity index (χ2v) is 8.21. The Morgan fingerprint density at radius 3 is 2.82 bits per heavy atom. The summed E-state index contributed by atoms with van der Waals surface area (Å²) < 4.78 is 24.1. The Bertz CT molecular complexity index is 808. The van der Waals surface area contributed by atoms with Crippen molar-refractivity contribution in [2.24, 2.45) is 0 Å². The molecule has 2 heterocycles. The fraction of sp³-hybridized carbons (Fsp3) is 0.333. The number of aromatic nitrogens is 2. The first-order chi connectivity index (χ1) is 10.4. The predicted octanol–water partition coefficient (Wildman–Crippen LogP) is 2.20. The van der Waals surface area contributed by atoms with Gasteiger partial charge in [0.2, 0.25) is 15.0 Å². The van der Waals surface area contributed by atoms with Gasteiger partial charge in [-0.1, -0.05) is 34.1 Å². The van der Waals surface area contributed by atoms with Crippen LogP contribution in [0.25, 0.3) is 0 Å². The number of sulfone groups is 1. The van der Waals surface area contributed by atoms with Crippen LogP contribution in [0.5, 0.6) is 0 Å². The van der Waals surface area contributed by atoms with Gasteiger partial charge in [0.1, 0.15) is 0 Å². The molecule has 0 unspecified atom stereocenters. The van der Waals surface area contributed by atoms with E-state index in [0.29, 0.717) is 0 Å². The molecule has 1 aromatic carbocycles. The third kappa shape index (κ3) is 3.37. The number of hydrogen-bond acceptors (Lipinski definition) is 5. The van der Waals surface area contributed by atoms with Crippen LogP contribution in [0.3, 0.4) is 0 Å². The highest BCUT2D eigenvalue weighted by molar-refractivity contribution is 9.10. The molecule has 7 heteroatoms. The van der Waals surface area contributed by atoms with Gasteiger partial charge in [0.15, 0.2) is 0 Å². The van der Waals surface area contributed by atoms with Crippen molar-refractivity contribution in [2.75, 3.05) is 12.8 Å². The van der Waals surface area contributed by atoms with Crippen LogP contribution in [0.1, 0.15) is 16.8 Å². The van der Waals surface area contributed by atoms with E-state index in [2.05, 4.69) is 36.9 Å². The first-order valence-electron chi connectivity index (χ1n) is 6.94. The molecule has 3 rings (SSSR count). The highest BCUT2D eigenvalue weighted by Gasteiger charge is 2.21. The number of halogens is 1. The van der Waals surface area contributed by atoms with Crippen molar-refractivity contribution in [3.05, 3.63) is 51.8 Å². The molecule has 0 fully saturated rings. The molecule has 0 spiro atoms. The minimum Gasteiger partial charge on any atom is -0.294 e. The van der Waals surface area contributed by atoms with Crippen LogP contribution in [0.15, 0.2) is 40.1 Å². The molecule has 0 radical (unpaired) electrons. The van der Waals surface area contributed by atoms with E-state index >= 15 is 0 Å². The lowest BCUT2D eigenvalue weighted by Gasteiger charge is -2.28. The number of benzene rings is 1. The summed E-state index contributed by atoms with van der Waals surface area (Å²) in [6.07, 6.45) is 3.52. The fourth-order valence-electron chi connectivity index (χ4n) is 2.54. The van der Waals surface area contributed by atoms with Crippen LogP contribution < -0.4 is 0 Å². The van der Waals surface area contributed by atoms with Crippen LogP contribution in [0.4, 0.5) is 0 Å². The van der Waals surface area contributed by atoms with Gasteiger partial charge in [0.25, 0.3) is 0 Å². The zero-order chi connectivity index (χ0) is 15.7. The largest absolute Gasteiger partial charge is 0.294 e. The van der Waals surface area contributed by atoms with Crippen LogP contribution in [-0.4, -0.2) is 36.1 Å². The maximum absolute atomic E-state index is 11.5. The molecule has 1 aliphatic rings. The molecule has 0 saturated carbocycles. The molecular weight excluding hydrogens is 366 g/mol. The fourth-order valence-corrected chi connectivity index (χ4v) is 3.47. The molecule has 116 valence electrons. The molecule has 0 saturated heterocycles. The van der Waals surface area contributed by atoms with Crippen molar-refractivity contribution in [3.63, 3.8) is 0 Å². The minimum atomic E-state index is -3.35. The van der Waals surface area contributed by atoms with Crippen LogP contribution in [-0.2, 0) is 29.3 Å². The summed E-state index contributed by atoms with van der Waals surface area (Å²) in [6, 6.07) is 8.16. The van der Waals surface area contributed by atoms with Crippen molar-refractivity contribution in [1.82, 2.24) is 14.9 Å².